The van der Waals surface area contributed by atoms with E-state index in [9.17, 15) is 9.59 Å². The van der Waals surface area contributed by atoms with Crippen molar-refractivity contribution in [1.29, 1.82) is 0 Å². The number of carbonyl (C=O) groups is 2. The summed E-state index contributed by atoms with van der Waals surface area (Å²) in [6, 6.07) is 5.73. The van der Waals surface area contributed by atoms with Crippen LogP contribution in [0.3, 0.4) is 0 Å². The van der Waals surface area contributed by atoms with Crippen LogP contribution in [-0.2, 0) is 22.6 Å². The monoisotopic (exact) mass is 260 g/mol. The van der Waals surface area contributed by atoms with E-state index in [1.165, 1.54) is 5.56 Å². The van der Waals surface area contributed by atoms with Crippen LogP contribution in [-0.4, -0.2) is 23.1 Å². The summed E-state index contributed by atoms with van der Waals surface area (Å²) in [5.41, 5.74) is 8.76. The molecule has 1 aliphatic rings. The largest absolute Gasteiger partial charge is 0.399 e. The molecule has 1 aliphatic heterocycles. The van der Waals surface area contributed by atoms with E-state index < -0.39 is 0 Å². The van der Waals surface area contributed by atoms with Gasteiger partial charge in [-0.3, -0.25) is 9.59 Å². The van der Waals surface area contributed by atoms with E-state index in [0.29, 0.717) is 19.5 Å². The standard InChI is InChI=1S/C15H20N2O2/c1-10(2)7-14(18)15(19)17-6-5-11-8-13(16)4-3-12(11)9-17/h3-4,8,10H,5-7,9,16H2,1-2H3. The van der Waals surface area contributed by atoms with Gasteiger partial charge in [-0.1, -0.05) is 19.9 Å². The third kappa shape index (κ3) is 3.13. The summed E-state index contributed by atoms with van der Waals surface area (Å²) in [6.45, 7) is 5.00. The molecule has 19 heavy (non-hydrogen) atoms. The summed E-state index contributed by atoms with van der Waals surface area (Å²) in [4.78, 5) is 25.5. The molecule has 1 aromatic carbocycles. The maximum absolute atomic E-state index is 12.1. The number of nitrogens with two attached hydrogens (primary N) is 1. The molecule has 0 atom stereocenters. The predicted molar refractivity (Wildman–Crippen MR) is 74.4 cm³/mol. The third-order valence-corrected chi connectivity index (χ3v) is 3.36. The molecule has 0 unspecified atom stereocenters. The van der Waals surface area contributed by atoms with Gasteiger partial charge in [0.1, 0.15) is 0 Å². The number of carbonyl (C=O) groups excluding carboxylic acids is 2. The Hall–Kier alpha value is -1.84. The lowest BCUT2D eigenvalue weighted by Crippen LogP contribution is -2.40. The van der Waals surface area contributed by atoms with E-state index in [4.69, 9.17) is 5.73 Å². The van der Waals surface area contributed by atoms with Gasteiger partial charge in [-0.2, -0.15) is 0 Å². The smallest absolute Gasteiger partial charge is 0.290 e. The van der Waals surface area contributed by atoms with E-state index >= 15 is 0 Å². The Morgan fingerprint density at radius 1 is 1.32 bits per heavy atom. The molecule has 0 saturated carbocycles. The zero-order valence-electron chi connectivity index (χ0n) is 11.5. The molecule has 1 aromatic rings. The Morgan fingerprint density at radius 3 is 2.74 bits per heavy atom. The number of hydrogen-bond acceptors (Lipinski definition) is 3. The van der Waals surface area contributed by atoms with Crippen LogP contribution in [0.1, 0.15) is 31.4 Å². The molecule has 1 heterocycles. The Bertz CT molecular complexity index is 509. The molecule has 0 fully saturated rings. The maximum atomic E-state index is 12.1. The normalized spacial score (nSPS) is 14.4. The molecule has 2 N–H and O–H groups in total. The fraction of sp³-hybridized carbons (Fsp3) is 0.467. The Morgan fingerprint density at radius 2 is 2.05 bits per heavy atom. The number of amides is 1. The van der Waals surface area contributed by atoms with E-state index in [1.54, 1.807) is 4.90 Å². The second-order valence-electron chi connectivity index (χ2n) is 5.53. The summed E-state index contributed by atoms with van der Waals surface area (Å²) < 4.78 is 0. The first-order valence-electron chi connectivity index (χ1n) is 6.66. The van der Waals surface area contributed by atoms with Crippen LogP contribution in [0.25, 0.3) is 0 Å². The zero-order chi connectivity index (χ0) is 14.0. The van der Waals surface area contributed by atoms with Gasteiger partial charge in [0.15, 0.2) is 0 Å². The van der Waals surface area contributed by atoms with E-state index in [1.807, 2.05) is 32.0 Å². The highest BCUT2D eigenvalue weighted by atomic mass is 16.2. The van der Waals surface area contributed by atoms with Gasteiger partial charge in [0, 0.05) is 25.2 Å². The lowest BCUT2D eigenvalue weighted by molar-refractivity contribution is -0.145. The number of ketones is 1. The van der Waals surface area contributed by atoms with Crippen molar-refractivity contribution in [3.63, 3.8) is 0 Å². The number of hydrogen-bond donors (Lipinski definition) is 1. The van der Waals surface area contributed by atoms with Crippen molar-refractivity contribution >= 4 is 17.4 Å². The molecule has 0 saturated heterocycles. The number of rotatable bonds is 3. The van der Waals surface area contributed by atoms with Crippen molar-refractivity contribution in [3.8, 4) is 0 Å². The fourth-order valence-corrected chi connectivity index (χ4v) is 2.38. The molecule has 2 rings (SSSR count). The summed E-state index contributed by atoms with van der Waals surface area (Å²) in [5.74, 6) is -0.418. The van der Waals surface area contributed by atoms with Crippen LogP contribution in [0.15, 0.2) is 18.2 Å². The average Bonchev–Trinajstić information content (AvgIpc) is 2.36. The van der Waals surface area contributed by atoms with E-state index in [-0.39, 0.29) is 17.6 Å². The third-order valence-electron chi connectivity index (χ3n) is 3.36. The van der Waals surface area contributed by atoms with Crippen LogP contribution in [0, 0.1) is 5.92 Å². The van der Waals surface area contributed by atoms with Crippen LogP contribution >= 0.6 is 0 Å². The molecular formula is C15H20N2O2. The van der Waals surface area contributed by atoms with Gasteiger partial charge in [0.2, 0.25) is 5.78 Å². The second kappa shape index (κ2) is 5.43. The highest BCUT2D eigenvalue weighted by molar-refractivity contribution is 6.36. The summed E-state index contributed by atoms with van der Waals surface area (Å²) >= 11 is 0. The molecule has 0 aromatic heterocycles. The average molecular weight is 260 g/mol. The number of benzene rings is 1. The van der Waals surface area contributed by atoms with Gasteiger partial charge in [-0.25, -0.2) is 0 Å². The molecular weight excluding hydrogens is 240 g/mol. The number of fused-ring (bicyclic) bond motifs is 1. The topological polar surface area (TPSA) is 63.4 Å². The van der Waals surface area contributed by atoms with Gasteiger partial charge >= 0.3 is 0 Å². The highest BCUT2D eigenvalue weighted by Crippen LogP contribution is 2.21. The molecule has 4 heteroatoms. The van der Waals surface area contributed by atoms with Crippen LogP contribution in [0.2, 0.25) is 0 Å². The number of anilines is 1. The predicted octanol–water partition coefficient (Wildman–Crippen LogP) is 1.77. The first-order valence-corrected chi connectivity index (χ1v) is 6.66. The van der Waals surface area contributed by atoms with Crippen molar-refractivity contribution in [2.24, 2.45) is 5.92 Å². The maximum Gasteiger partial charge on any atom is 0.290 e. The van der Waals surface area contributed by atoms with Gasteiger partial charge in [0.05, 0.1) is 0 Å². The van der Waals surface area contributed by atoms with Crippen molar-refractivity contribution in [1.82, 2.24) is 4.90 Å². The van der Waals surface area contributed by atoms with Crippen molar-refractivity contribution in [2.75, 3.05) is 12.3 Å². The number of nitrogen functional groups attached to an aromatic ring is 1. The minimum absolute atomic E-state index is 0.216. The van der Waals surface area contributed by atoms with E-state index in [2.05, 4.69) is 0 Å². The minimum atomic E-state index is -0.351. The van der Waals surface area contributed by atoms with E-state index in [0.717, 1.165) is 17.7 Å². The minimum Gasteiger partial charge on any atom is -0.399 e. The van der Waals surface area contributed by atoms with Crippen LogP contribution in [0.5, 0.6) is 0 Å². The molecule has 102 valence electrons. The lowest BCUT2D eigenvalue weighted by Gasteiger charge is -2.28. The van der Waals surface area contributed by atoms with Crippen molar-refractivity contribution < 1.29 is 9.59 Å². The van der Waals surface area contributed by atoms with Gasteiger partial charge in [-0.05, 0) is 35.6 Å². The van der Waals surface area contributed by atoms with Gasteiger partial charge in [-0.15, -0.1) is 0 Å². The SMILES string of the molecule is CC(C)CC(=O)C(=O)N1CCc2cc(N)ccc2C1. The Balaban J connectivity index is 2.07. The first-order chi connectivity index (χ1) is 8.97. The summed E-state index contributed by atoms with van der Waals surface area (Å²) in [7, 11) is 0. The molecule has 0 radical (unpaired) electrons. The molecule has 0 aliphatic carbocycles. The molecule has 0 bridgehead atoms. The summed E-state index contributed by atoms with van der Waals surface area (Å²) in [6.07, 6.45) is 1.09. The van der Waals surface area contributed by atoms with Crippen molar-refractivity contribution in [3.05, 3.63) is 29.3 Å². The lowest BCUT2D eigenvalue weighted by atomic mass is 9.98. The van der Waals surface area contributed by atoms with Crippen LogP contribution in [0.4, 0.5) is 5.69 Å². The van der Waals surface area contributed by atoms with Crippen LogP contribution < -0.4 is 5.73 Å². The molecule has 4 nitrogen and oxygen atoms in total. The second-order valence-corrected chi connectivity index (χ2v) is 5.53. The Kier molecular flexibility index (Phi) is 3.88. The highest BCUT2D eigenvalue weighted by Gasteiger charge is 2.25. The Labute approximate surface area is 113 Å². The molecule has 1 amide bonds. The van der Waals surface area contributed by atoms with Crippen molar-refractivity contribution in [2.45, 2.75) is 33.2 Å². The summed E-state index contributed by atoms with van der Waals surface area (Å²) in [5, 5.41) is 0. The number of Topliss-reactive ketones (excluding diaryl/α,β-unsaturated/α-hetero) is 1. The van der Waals surface area contributed by atoms with Gasteiger partial charge < -0.3 is 10.6 Å². The number of nitrogens with zero attached hydrogens (tertiary/aromatic N) is 1. The molecule has 0 spiro atoms. The zero-order valence-corrected chi connectivity index (χ0v) is 11.5. The fourth-order valence-electron chi connectivity index (χ4n) is 2.38. The first kappa shape index (κ1) is 13.6. The quantitative estimate of drug-likeness (QED) is 0.665. The van der Waals surface area contributed by atoms with Gasteiger partial charge in [0.25, 0.3) is 5.91 Å².